The van der Waals surface area contributed by atoms with Gasteiger partial charge in [-0.05, 0) is 79.5 Å². The van der Waals surface area contributed by atoms with E-state index in [1.807, 2.05) is 11.8 Å². The van der Waals surface area contributed by atoms with Gasteiger partial charge in [-0.3, -0.25) is 4.90 Å². The van der Waals surface area contributed by atoms with Gasteiger partial charge < -0.3 is 18.9 Å². The highest BCUT2D eigenvalue weighted by atomic mass is 16.7. The largest absolute Gasteiger partial charge is 0.495 e. The summed E-state index contributed by atoms with van der Waals surface area (Å²) in [5, 5.41) is 0. The number of benzene rings is 3. The molecule has 0 atom stereocenters. The van der Waals surface area contributed by atoms with E-state index in [1.54, 1.807) is 0 Å². The Morgan fingerprint density at radius 1 is 0.952 bits per heavy atom. The number of carbonyl (C=O) groups is 1. The maximum atomic E-state index is 13.1. The summed E-state index contributed by atoms with van der Waals surface area (Å²) in [4.78, 5) is 17.3. The standard InChI is InChI=1S/C35H39BN2O4/c1-7-26-20-25(21-32(24(26)2)36-41-34(3,4)35(5,6)42-36)22-37-16-18-38(19-17-37)33(39)40-23-31-29-14-10-8-12-27(29)28-13-9-11-15-30(28)31/h1,8-15,20-21,31H,16-19,22-23H2,2-6H3. The third kappa shape index (κ3) is 5.13. The van der Waals surface area contributed by atoms with Crippen molar-refractivity contribution in [3.63, 3.8) is 0 Å². The van der Waals surface area contributed by atoms with Crippen LogP contribution in [0.4, 0.5) is 4.79 Å². The molecule has 2 heterocycles. The lowest BCUT2D eigenvalue weighted by molar-refractivity contribution is 0.00578. The fourth-order valence-electron chi connectivity index (χ4n) is 6.29. The van der Waals surface area contributed by atoms with E-state index >= 15 is 0 Å². The van der Waals surface area contributed by atoms with Crippen molar-refractivity contribution in [2.24, 2.45) is 0 Å². The molecule has 0 spiro atoms. The van der Waals surface area contributed by atoms with Crippen molar-refractivity contribution in [2.45, 2.75) is 58.3 Å². The average Bonchev–Trinajstić information content (AvgIpc) is 3.41. The Bertz CT molecular complexity index is 1490. The van der Waals surface area contributed by atoms with Crippen LogP contribution < -0.4 is 5.46 Å². The molecule has 42 heavy (non-hydrogen) atoms. The SMILES string of the molecule is C#Cc1cc(CN2CCN(C(=O)OCC3c4ccccc4-c4ccccc43)CC2)cc(B2OC(C)(C)C(C)(C)O2)c1C. The molecule has 6 rings (SSSR count). The normalized spacial score (nSPS) is 19.3. The predicted molar refractivity (Wildman–Crippen MR) is 167 cm³/mol. The van der Waals surface area contributed by atoms with Gasteiger partial charge in [-0.2, -0.15) is 0 Å². The highest BCUT2D eigenvalue weighted by Gasteiger charge is 2.52. The average molecular weight is 563 g/mol. The first-order chi connectivity index (χ1) is 20.1. The summed E-state index contributed by atoms with van der Waals surface area (Å²) >= 11 is 0. The van der Waals surface area contributed by atoms with E-state index in [1.165, 1.54) is 22.3 Å². The first-order valence-electron chi connectivity index (χ1n) is 14.9. The van der Waals surface area contributed by atoms with Gasteiger partial charge in [-0.15, -0.1) is 6.42 Å². The molecule has 0 N–H and O–H groups in total. The van der Waals surface area contributed by atoms with E-state index in [-0.39, 0.29) is 12.0 Å². The second-order valence-corrected chi connectivity index (χ2v) is 12.7. The minimum absolute atomic E-state index is 0.0627. The molecular formula is C35H39BN2O4. The molecule has 3 aromatic rings. The van der Waals surface area contributed by atoms with Gasteiger partial charge in [0.05, 0.1) is 11.2 Å². The summed E-state index contributed by atoms with van der Waals surface area (Å²) in [7, 11) is -0.465. The Kier molecular flexibility index (Phi) is 7.43. The van der Waals surface area contributed by atoms with Gasteiger partial charge in [0.15, 0.2) is 0 Å². The predicted octanol–water partition coefficient (Wildman–Crippen LogP) is 5.34. The summed E-state index contributed by atoms with van der Waals surface area (Å²) in [6.07, 6.45) is 5.66. The number of rotatable bonds is 5. The second-order valence-electron chi connectivity index (χ2n) is 12.7. The first kappa shape index (κ1) is 28.5. The molecule has 6 nitrogen and oxygen atoms in total. The van der Waals surface area contributed by atoms with Crippen molar-refractivity contribution in [1.82, 2.24) is 9.80 Å². The molecule has 2 aliphatic heterocycles. The van der Waals surface area contributed by atoms with Crippen LogP contribution in [-0.2, 0) is 20.6 Å². The Balaban J connectivity index is 1.07. The third-order valence-corrected chi connectivity index (χ3v) is 9.54. The van der Waals surface area contributed by atoms with Crippen LogP contribution in [0, 0.1) is 19.3 Å². The molecule has 216 valence electrons. The third-order valence-electron chi connectivity index (χ3n) is 9.54. The van der Waals surface area contributed by atoms with Crippen LogP contribution in [0.15, 0.2) is 60.7 Å². The lowest BCUT2D eigenvalue weighted by atomic mass is 9.74. The molecule has 3 aliphatic rings. The molecule has 1 amide bonds. The fraction of sp³-hybridized carbons (Fsp3) is 0.400. The number of amides is 1. The smallest absolute Gasteiger partial charge is 0.448 e. The topological polar surface area (TPSA) is 51.2 Å². The quantitative estimate of drug-likeness (QED) is 0.311. The van der Waals surface area contributed by atoms with Crippen LogP contribution in [0.3, 0.4) is 0 Å². The molecule has 3 aromatic carbocycles. The van der Waals surface area contributed by atoms with Crippen molar-refractivity contribution in [2.75, 3.05) is 32.8 Å². The Labute approximate surface area is 250 Å². The Morgan fingerprint density at radius 2 is 1.52 bits per heavy atom. The number of terminal acetylenes is 1. The molecular weight excluding hydrogens is 523 g/mol. The van der Waals surface area contributed by atoms with Crippen molar-refractivity contribution >= 4 is 18.7 Å². The van der Waals surface area contributed by atoms with E-state index in [0.29, 0.717) is 19.7 Å². The second kappa shape index (κ2) is 10.9. The molecule has 0 bridgehead atoms. The molecule has 0 aromatic heterocycles. The Hall–Kier alpha value is -3.57. The number of nitrogens with zero attached hydrogens (tertiary/aromatic N) is 2. The maximum absolute atomic E-state index is 13.1. The van der Waals surface area contributed by atoms with Crippen LogP contribution in [0.1, 0.15) is 61.4 Å². The van der Waals surface area contributed by atoms with Crippen molar-refractivity contribution in [3.8, 4) is 23.5 Å². The van der Waals surface area contributed by atoms with E-state index in [2.05, 4.69) is 99.2 Å². The van der Waals surface area contributed by atoms with Crippen LogP contribution in [0.25, 0.3) is 11.1 Å². The van der Waals surface area contributed by atoms with Crippen molar-refractivity contribution in [3.05, 3.63) is 88.5 Å². The zero-order valence-corrected chi connectivity index (χ0v) is 25.3. The van der Waals surface area contributed by atoms with Gasteiger partial charge >= 0.3 is 13.2 Å². The summed E-state index contributed by atoms with van der Waals surface area (Å²) in [5.41, 5.74) is 8.03. The molecule has 2 fully saturated rings. The zero-order valence-electron chi connectivity index (χ0n) is 25.3. The fourth-order valence-corrected chi connectivity index (χ4v) is 6.29. The summed E-state index contributed by atoms with van der Waals surface area (Å²) in [6.45, 7) is 14.1. The number of hydrogen-bond acceptors (Lipinski definition) is 5. The van der Waals surface area contributed by atoms with Crippen LogP contribution in [0.5, 0.6) is 0 Å². The molecule has 0 unspecified atom stereocenters. The minimum atomic E-state index is -0.465. The first-order valence-corrected chi connectivity index (χ1v) is 14.9. The summed E-state index contributed by atoms with van der Waals surface area (Å²) in [6, 6.07) is 21.1. The summed E-state index contributed by atoms with van der Waals surface area (Å²) in [5.74, 6) is 2.91. The monoisotopic (exact) mass is 562 g/mol. The number of hydrogen-bond donors (Lipinski definition) is 0. The molecule has 0 saturated carbocycles. The Morgan fingerprint density at radius 3 is 2.10 bits per heavy atom. The van der Waals surface area contributed by atoms with E-state index in [9.17, 15) is 4.79 Å². The van der Waals surface area contributed by atoms with E-state index < -0.39 is 18.3 Å². The molecule has 7 heteroatoms. The van der Waals surface area contributed by atoms with Crippen molar-refractivity contribution in [1.29, 1.82) is 0 Å². The van der Waals surface area contributed by atoms with Crippen LogP contribution in [-0.4, -0.2) is 67.0 Å². The number of carbonyl (C=O) groups excluding carboxylic acids is 1. The number of piperazine rings is 1. The highest BCUT2D eigenvalue weighted by Crippen LogP contribution is 2.44. The van der Waals surface area contributed by atoms with Gasteiger partial charge in [0.2, 0.25) is 0 Å². The zero-order chi connectivity index (χ0) is 29.6. The van der Waals surface area contributed by atoms with E-state index in [0.717, 1.165) is 41.8 Å². The van der Waals surface area contributed by atoms with Gasteiger partial charge in [-0.25, -0.2) is 4.79 Å². The summed E-state index contributed by atoms with van der Waals surface area (Å²) < 4.78 is 18.6. The van der Waals surface area contributed by atoms with Gasteiger partial charge in [0.1, 0.15) is 6.61 Å². The minimum Gasteiger partial charge on any atom is -0.448 e. The number of ether oxygens (including phenoxy) is 1. The molecule has 2 saturated heterocycles. The number of fused-ring (bicyclic) bond motifs is 3. The van der Waals surface area contributed by atoms with E-state index in [4.69, 9.17) is 20.5 Å². The molecule has 1 aliphatic carbocycles. The lowest BCUT2D eigenvalue weighted by Crippen LogP contribution is -2.48. The van der Waals surface area contributed by atoms with Crippen LogP contribution in [0.2, 0.25) is 0 Å². The maximum Gasteiger partial charge on any atom is 0.495 e. The lowest BCUT2D eigenvalue weighted by Gasteiger charge is -2.34. The van der Waals surface area contributed by atoms with Crippen LogP contribution >= 0.6 is 0 Å². The van der Waals surface area contributed by atoms with Crippen molar-refractivity contribution < 1.29 is 18.8 Å². The van der Waals surface area contributed by atoms with Gasteiger partial charge in [-0.1, -0.05) is 60.5 Å². The van der Waals surface area contributed by atoms with Gasteiger partial charge in [0, 0.05) is 44.2 Å². The molecule has 0 radical (unpaired) electrons. The highest BCUT2D eigenvalue weighted by molar-refractivity contribution is 6.62. The van der Waals surface area contributed by atoms with Gasteiger partial charge in [0.25, 0.3) is 0 Å².